The van der Waals surface area contributed by atoms with Crippen LogP contribution in [0, 0.1) is 0 Å². The maximum atomic E-state index is 12.7. The molecule has 0 saturated carbocycles. The van der Waals surface area contributed by atoms with E-state index >= 15 is 0 Å². The molecule has 8 heteroatoms. The summed E-state index contributed by atoms with van der Waals surface area (Å²) in [5.74, 6) is -1.46. The molecule has 318 valence electrons. The first-order valence-electron chi connectivity index (χ1n) is 22.7. The monoisotopic (exact) mass is 767 g/mol. The van der Waals surface area contributed by atoms with Crippen LogP contribution >= 0.6 is 0 Å². The number of carboxylic acid groups (broad SMARTS) is 1. The number of quaternary nitrogens is 1. The van der Waals surface area contributed by atoms with Gasteiger partial charge in [0.25, 0.3) is 0 Å². The lowest BCUT2D eigenvalue weighted by Crippen LogP contribution is -2.50. The van der Waals surface area contributed by atoms with Crippen molar-refractivity contribution in [1.82, 2.24) is 0 Å². The number of carboxylic acids is 1. The van der Waals surface area contributed by atoms with Gasteiger partial charge in [-0.3, -0.25) is 9.59 Å². The number of carbonyl (C=O) groups is 3. The highest BCUT2D eigenvalue weighted by atomic mass is 16.6. The summed E-state index contributed by atoms with van der Waals surface area (Å²) in [5, 5.41) is 9.62. The minimum absolute atomic E-state index is 0.0483. The molecule has 2 atom stereocenters. The average molecular weight is 767 g/mol. The molecule has 8 nitrogen and oxygen atoms in total. The van der Waals surface area contributed by atoms with Crippen molar-refractivity contribution in [2.75, 3.05) is 41.0 Å². The molecule has 0 aromatic carbocycles. The predicted molar refractivity (Wildman–Crippen MR) is 225 cm³/mol. The fraction of sp³-hybridized carbons (Fsp3) is 0.891. The third-order valence-electron chi connectivity index (χ3n) is 10.4. The first-order chi connectivity index (χ1) is 26.1. The van der Waals surface area contributed by atoms with Crippen LogP contribution in [0.2, 0.25) is 0 Å². The minimum atomic E-state index is -0.873. The van der Waals surface area contributed by atoms with Gasteiger partial charge in [-0.2, -0.15) is 0 Å². The first-order valence-corrected chi connectivity index (χ1v) is 22.7. The van der Waals surface area contributed by atoms with E-state index in [0.717, 1.165) is 51.4 Å². The smallest absolute Gasteiger partial charge is 0.362 e. The van der Waals surface area contributed by atoms with Gasteiger partial charge < -0.3 is 23.8 Å². The van der Waals surface area contributed by atoms with Gasteiger partial charge in [-0.05, 0) is 38.5 Å². The van der Waals surface area contributed by atoms with Crippen LogP contribution < -0.4 is 0 Å². The topological polar surface area (TPSA) is 99.1 Å². The van der Waals surface area contributed by atoms with Gasteiger partial charge in [0.1, 0.15) is 6.61 Å². The van der Waals surface area contributed by atoms with E-state index in [1.807, 2.05) is 21.1 Å². The standard InChI is InChI=1S/C46H87NO7/c1-6-8-10-12-14-16-18-20-22-23-25-27-29-31-33-35-37-45(49)54-42(40-52-39-38-43(46(50)51)47(3,4)5)41-53-44(48)36-34-32-30-28-26-24-21-19-17-15-13-11-9-7-2/h22-23,42-43H,6-21,24-41H2,1-5H3/p+1/b23-22+. The number of likely N-dealkylation sites (N-methyl/N-ethyl adjacent to an activating group) is 1. The SMILES string of the molecule is CCCCCCCCC/C=C/CCCCCCCC(=O)OC(COCCC(C(=O)O)[N+](C)(C)C)COC(=O)CCCCCCCCCCCCCCCC. The normalized spacial score (nSPS) is 13.0. The average Bonchev–Trinajstić information content (AvgIpc) is 3.12. The highest BCUT2D eigenvalue weighted by Crippen LogP contribution is 2.15. The molecule has 0 aliphatic rings. The summed E-state index contributed by atoms with van der Waals surface area (Å²) in [6, 6.07) is -0.611. The van der Waals surface area contributed by atoms with Crippen LogP contribution in [-0.4, -0.2) is 80.6 Å². The van der Waals surface area contributed by atoms with Crippen LogP contribution in [0.4, 0.5) is 0 Å². The van der Waals surface area contributed by atoms with Crippen molar-refractivity contribution >= 4 is 17.9 Å². The lowest BCUT2D eigenvalue weighted by molar-refractivity contribution is -0.887. The summed E-state index contributed by atoms with van der Waals surface area (Å²) in [4.78, 5) is 37.0. The van der Waals surface area contributed by atoms with Crippen molar-refractivity contribution in [1.29, 1.82) is 0 Å². The summed E-state index contributed by atoms with van der Waals surface area (Å²) in [5.41, 5.74) is 0. The van der Waals surface area contributed by atoms with Crippen LogP contribution in [0.15, 0.2) is 12.2 Å². The van der Waals surface area contributed by atoms with Crippen molar-refractivity contribution in [2.45, 2.75) is 225 Å². The number of hydrogen-bond donors (Lipinski definition) is 1. The summed E-state index contributed by atoms with van der Waals surface area (Å²) in [6.07, 6.45) is 39.6. The molecule has 0 aliphatic carbocycles. The van der Waals surface area contributed by atoms with E-state index in [1.165, 1.54) is 128 Å². The molecule has 0 rings (SSSR count). The van der Waals surface area contributed by atoms with E-state index in [0.29, 0.717) is 19.3 Å². The molecular weight excluding hydrogens is 679 g/mol. The number of esters is 2. The summed E-state index contributed by atoms with van der Waals surface area (Å²) in [7, 11) is 5.53. The van der Waals surface area contributed by atoms with Crippen molar-refractivity contribution in [2.24, 2.45) is 0 Å². The Balaban J connectivity index is 4.32. The highest BCUT2D eigenvalue weighted by Gasteiger charge is 2.31. The van der Waals surface area contributed by atoms with Gasteiger partial charge in [-0.15, -0.1) is 0 Å². The molecule has 0 spiro atoms. The van der Waals surface area contributed by atoms with Gasteiger partial charge >= 0.3 is 17.9 Å². The van der Waals surface area contributed by atoms with Crippen LogP contribution in [-0.2, 0) is 28.6 Å². The van der Waals surface area contributed by atoms with Gasteiger partial charge in [-0.25, -0.2) is 4.79 Å². The van der Waals surface area contributed by atoms with Crippen LogP contribution in [0.25, 0.3) is 0 Å². The summed E-state index contributed by atoms with van der Waals surface area (Å²) in [6.45, 7) is 4.75. The molecule has 2 unspecified atom stereocenters. The van der Waals surface area contributed by atoms with E-state index in [-0.39, 0.29) is 36.2 Å². The Labute approximate surface area is 333 Å². The summed E-state index contributed by atoms with van der Waals surface area (Å²) < 4.78 is 17.3. The molecule has 0 bridgehead atoms. The number of ether oxygens (including phenoxy) is 3. The number of allylic oxidation sites excluding steroid dienone is 2. The summed E-state index contributed by atoms with van der Waals surface area (Å²) >= 11 is 0. The Morgan fingerprint density at radius 3 is 1.33 bits per heavy atom. The Hall–Kier alpha value is -1.93. The predicted octanol–water partition coefficient (Wildman–Crippen LogP) is 12.3. The zero-order valence-electron chi connectivity index (χ0n) is 36.2. The highest BCUT2D eigenvalue weighted by molar-refractivity contribution is 5.72. The van der Waals surface area contributed by atoms with E-state index in [4.69, 9.17) is 14.2 Å². The maximum Gasteiger partial charge on any atom is 0.362 e. The Kier molecular flexibility index (Phi) is 36.6. The molecule has 0 radical (unpaired) electrons. The quantitative estimate of drug-likeness (QED) is 0.0286. The van der Waals surface area contributed by atoms with E-state index in [2.05, 4.69) is 26.0 Å². The van der Waals surface area contributed by atoms with E-state index in [9.17, 15) is 19.5 Å². The third-order valence-corrected chi connectivity index (χ3v) is 10.4. The van der Waals surface area contributed by atoms with Crippen molar-refractivity contribution in [3.05, 3.63) is 12.2 Å². The minimum Gasteiger partial charge on any atom is -0.477 e. The Bertz CT molecular complexity index is 900. The fourth-order valence-corrected chi connectivity index (χ4v) is 6.85. The Morgan fingerprint density at radius 2 is 0.926 bits per heavy atom. The molecule has 0 aliphatic heterocycles. The van der Waals surface area contributed by atoms with Gasteiger partial charge in [0, 0.05) is 19.3 Å². The van der Waals surface area contributed by atoms with Gasteiger partial charge in [0.15, 0.2) is 12.1 Å². The second kappa shape index (κ2) is 38.0. The fourth-order valence-electron chi connectivity index (χ4n) is 6.85. The second-order valence-electron chi connectivity index (χ2n) is 16.7. The lowest BCUT2D eigenvalue weighted by Gasteiger charge is -2.31. The van der Waals surface area contributed by atoms with Gasteiger partial charge in [-0.1, -0.05) is 167 Å². The molecule has 0 heterocycles. The van der Waals surface area contributed by atoms with E-state index < -0.39 is 18.1 Å². The van der Waals surface area contributed by atoms with Crippen LogP contribution in [0.3, 0.4) is 0 Å². The van der Waals surface area contributed by atoms with E-state index in [1.54, 1.807) is 0 Å². The number of hydrogen-bond acceptors (Lipinski definition) is 6. The van der Waals surface area contributed by atoms with Crippen LogP contribution in [0.5, 0.6) is 0 Å². The molecule has 0 saturated heterocycles. The largest absolute Gasteiger partial charge is 0.477 e. The molecular formula is C46H88NO7+. The number of carbonyl (C=O) groups excluding carboxylic acids is 2. The van der Waals surface area contributed by atoms with Gasteiger partial charge in [0.05, 0.1) is 34.4 Å². The zero-order chi connectivity index (χ0) is 40.0. The zero-order valence-corrected chi connectivity index (χ0v) is 36.2. The Morgan fingerprint density at radius 1 is 0.537 bits per heavy atom. The number of rotatable bonds is 41. The molecule has 54 heavy (non-hydrogen) atoms. The molecule has 1 N–H and O–H groups in total. The second-order valence-corrected chi connectivity index (χ2v) is 16.7. The number of unbranched alkanes of at least 4 members (excludes halogenated alkanes) is 25. The van der Waals surface area contributed by atoms with Crippen molar-refractivity contribution in [3.63, 3.8) is 0 Å². The molecule has 0 amide bonds. The third kappa shape index (κ3) is 35.8. The maximum absolute atomic E-state index is 12.7. The van der Waals surface area contributed by atoms with Crippen molar-refractivity contribution < 1.29 is 38.2 Å². The number of nitrogens with zero attached hydrogens (tertiary/aromatic N) is 1. The molecule has 0 fully saturated rings. The lowest BCUT2D eigenvalue weighted by atomic mass is 10.0. The first kappa shape index (κ1) is 52.1. The molecule has 0 aromatic rings. The van der Waals surface area contributed by atoms with Crippen molar-refractivity contribution in [3.8, 4) is 0 Å². The van der Waals surface area contributed by atoms with Crippen LogP contribution in [0.1, 0.15) is 213 Å². The van der Waals surface area contributed by atoms with Gasteiger partial charge in [0.2, 0.25) is 0 Å². The molecule has 0 aromatic heterocycles. The number of aliphatic carboxylic acids is 1.